The molecule has 5 nitrogen and oxygen atoms in total. The van der Waals surface area contributed by atoms with Gasteiger partial charge in [-0.05, 0) is 19.9 Å². The van der Waals surface area contributed by atoms with E-state index in [1.165, 1.54) is 24.9 Å². The smallest absolute Gasteiger partial charge is 0.235 e. The third kappa shape index (κ3) is 2.93. The van der Waals surface area contributed by atoms with Crippen LogP contribution >= 0.6 is 11.8 Å². The molecule has 0 bridgehead atoms. The molecule has 1 amide bonds. The molecular formula is C16H18FN3O2S. The van der Waals surface area contributed by atoms with Crippen LogP contribution in [0.4, 0.5) is 10.2 Å². The van der Waals surface area contributed by atoms with Gasteiger partial charge in [-0.3, -0.25) is 4.79 Å². The number of methoxy groups -OCH3 is 1. The van der Waals surface area contributed by atoms with Crippen LogP contribution in [0.25, 0.3) is 0 Å². The number of thioether (sulfide) groups is 1. The number of hydrogen-bond acceptors (Lipinski definition) is 4. The Bertz CT molecular complexity index is 745. The predicted molar refractivity (Wildman–Crippen MR) is 88.5 cm³/mol. The molecule has 0 aliphatic carbocycles. The summed E-state index contributed by atoms with van der Waals surface area (Å²) in [6.45, 7) is 3.97. The Kier molecular flexibility index (Phi) is 4.30. The molecule has 2 aromatic rings. The van der Waals surface area contributed by atoms with Crippen molar-refractivity contribution in [2.75, 3.05) is 18.2 Å². The Balaban J connectivity index is 2.09. The molecule has 7 heteroatoms. The number of ether oxygens (including phenoxy) is 1. The number of amides is 1. The van der Waals surface area contributed by atoms with Crippen molar-refractivity contribution in [1.82, 2.24) is 9.78 Å². The summed E-state index contributed by atoms with van der Waals surface area (Å²) in [6, 6.07) is 4.90. The number of hydrogen-bond donors (Lipinski definition) is 1. The Morgan fingerprint density at radius 2 is 2.22 bits per heavy atom. The van der Waals surface area contributed by atoms with E-state index < -0.39 is 0 Å². The second kappa shape index (κ2) is 6.23. The zero-order valence-electron chi connectivity index (χ0n) is 13.2. The highest BCUT2D eigenvalue weighted by Gasteiger charge is 2.30. The summed E-state index contributed by atoms with van der Waals surface area (Å²) in [7, 11) is 1.50. The van der Waals surface area contributed by atoms with Gasteiger partial charge >= 0.3 is 0 Å². The highest BCUT2D eigenvalue weighted by atomic mass is 32.2. The van der Waals surface area contributed by atoms with Crippen molar-refractivity contribution < 1.29 is 13.9 Å². The number of halogens is 1. The number of benzene rings is 1. The molecule has 1 atom stereocenters. The molecule has 1 N–H and O–H groups in total. The highest BCUT2D eigenvalue weighted by Crippen LogP contribution is 2.43. The Hall–Kier alpha value is -2.02. The number of rotatable bonds is 3. The van der Waals surface area contributed by atoms with Crippen LogP contribution in [0, 0.1) is 5.82 Å². The van der Waals surface area contributed by atoms with Crippen molar-refractivity contribution in [1.29, 1.82) is 0 Å². The molecule has 0 saturated heterocycles. The van der Waals surface area contributed by atoms with E-state index in [4.69, 9.17) is 4.74 Å². The third-order valence-electron chi connectivity index (χ3n) is 3.72. The molecule has 1 aromatic heterocycles. The number of nitrogens with zero attached hydrogens (tertiary/aromatic N) is 2. The number of fused-ring (bicyclic) bond motifs is 1. The van der Waals surface area contributed by atoms with E-state index in [-0.39, 0.29) is 28.8 Å². The topological polar surface area (TPSA) is 56.1 Å². The van der Waals surface area contributed by atoms with Gasteiger partial charge in [0.1, 0.15) is 17.4 Å². The Labute approximate surface area is 138 Å². The van der Waals surface area contributed by atoms with Crippen molar-refractivity contribution in [3.8, 4) is 5.75 Å². The van der Waals surface area contributed by atoms with Gasteiger partial charge in [-0.25, -0.2) is 9.07 Å². The molecule has 1 aliphatic rings. The van der Waals surface area contributed by atoms with Gasteiger partial charge in [-0.1, -0.05) is 6.07 Å². The van der Waals surface area contributed by atoms with Gasteiger partial charge in [0.25, 0.3) is 0 Å². The van der Waals surface area contributed by atoms with Crippen molar-refractivity contribution in [3.63, 3.8) is 0 Å². The molecule has 122 valence electrons. The fraction of sp³-hybridized carbons (Fsp3) is 0.375. The molecule has 3 rings (SSSR count). The van der Waals surface area contributed by atoms with Gasteiger partial charge in [0.2, 0.25) is 5.91 Å². The number of nitrogens with one attached hydrogen (secondary N) is 1. The molecule has 23 heavy (non-hydrogen) atoms. The Morgan fingerprint density at radius 3 is 2.87 bits per heavy atom. The van der Waals surface area contributed by atoms with Gasteiger partial charge in [-0.15, -0.1) is 11.8 Å². The van der Waals surface area contributed by atoms with Crippen LogP contribution in [-0.2, 0) is 4.79 Å². The average molecular weight is 335 g/mol. The lowest BCUT2D eigenvalue weighted by Gasteiger charge is -2.16. The number of carbonyl (C=O) groups excluding carboxylic acids is 1. The fourth-order valence-electron chi connectivity index (χ4n) is 2.61. The number of aromatic nitrogens is 2. The lowest BCUT2D eigenvalue weighted by atomic mass is 10.1. The summed E-state index contributed by atoms with van der Waals surface area (Å²) in [5, 5.41) is 6.95. The zero-order chi connectivity index (χ0) is 16.6. The summed E-state index contributed by atoms with van der Waals surface area (Å²) >= 11 is 1.39. The lowest BCUT2D eigenvalue weighted by molar-refractivity contribution is -0.113. The van der Waals surface area contributed by atoms with E-state index in [1.54, 1.807) is 23.0 Å². The SMILES string of the molecule is COc1ccc([C@H]2SCC(=O)Nc3c2cnn3C(C)C)c(F)c1. The van der Waals surface area contributed by atoms with Crippen LogP contribution in [0.5, 0.6) is 5.75 Å². The van der Waals surface area contributed by atoms with E-state index in [0.717, 1.165) is 5.56 Å². The molecule has 1 aromatic carbocycles. The van der Waals surface area contributed by atoms with E-state index in [1.807, 2.05) is 13.8 Å². The average Bonchev–Trinajstić information content (AvgIpc) is 2.85. The maximum Gasteiger partial charge on any atom is 0.235 e. The van der Waals surface area contributed by atoms with Crippen LogP contribution in [0.2, 0.25) is 0 Å². The first-order valence-electron chi connectivity index (χ1n) is 7.33. The summed E-state index contributed by atoms with van der Waals surface area (Å²) in [5.41, 5.74) is 1.34. The van der Waals surface area contributed by atoms with Crippen LogP contribution in [0.3, 0.4) is 0 Å². The van der Waals surface area contributed by atoms with Gasteiger partial charge < -0.3 is 10.1 Å². The van der Waals surface area contributed by atoms with E-state index in [2.05, 4.69) is 10.4 Å². The third-order valence-corrected chi connectivity index (χ3v) is 4.99. The van der Waals surface area contributed by atoms with Crippen molar-refractivity contribution in [2.24, 2.45) is 0 Å². The molecule has 1 aliphatic heterocycles. The van der Waals surface area contributed by atoms with Gasteiger partial charge in [-0.2, -0.15) is 5.10 Å². The fourth-order valence-corrected chi connectivity index (χ4v) is 3.72. The quantitative estimate of drug-likeness (QED) is 0.934. The van der Waals surface area contributed by atoms with Gasteiger partial charge in [0.05, 0.1) is 24.3 Å². The first-order chi connectivity index (χ1) is 11.0. The second-order valence-electron chi connectivity index (χ2n) is 5.61. The lowest BCUT2D eigenvalue weighted by Crippen LogP contribution is -2.17. The van der Waals surface area contributed by atoms with Gasteiger partial charge in [0, 0.05) is 23.2 Å². The monoisotopic (exact) mass is 335 g/mol. The van der Waals surface area contributed by atoms with Crippen LogP contribution in [0.1, 0.15) is 36.3 Å². The first-order valence-corrected chi connectivity index (χ1v) is 8.38. The maximum absolute atomic E-state index is 14.5. The summed E-state index contributed by atoms with van der Waals surface area (Å²) in [5.74, 6) is 0.935. The molecule has 0 spiro atoms. The van der Waals surface area contributed by atoms with E-state index >= 15 is 0 Å². The normalized spacial score (nSPS) is 17.6. The summed E-state index contributed by atoms with van der Waals surface area (Å²) in [6.07, 6.45) is 1.71. The second-order valence-corrected chi connectivity index (χ2v) is 6.71. The molecule has 0 saturated carbocycles. The van der Waals surface area contributed by atoms with Crippen molar-refractivity contribution in [3.05, 3.63) is 41.3 Å². The standard InChI is InChI=1S/C16H18FN3O2S/c1-9(2)20-16-12(7-18-20)15(23-8-14(21)19-16)11-5-4-10(22-3)6-13(11)17/h4-7,9,15H,8H2,1-3H3,(H,19,21)/t15-/m1/s1. The molecule has 0 unspecified atom stereocenters. The van der Waals surface area contributed by atoms with Gasteiger partial charge in [0.15, 0.2) is 0 Å². The van der Waals surface area contributed by atoms with Crippen LogP contribution in [0.15, 0.2) is 24.4 Å². The molecule has 0 fully saturated rings. The highest BCUT2D eigenvalue weighted by molar-refractivity contribution is 8.00. The predicted octanol–water partition coefficient (Wildman–Crippen LogP) is 3.39. The van der Waals surface area contributed by atoms with E-state index in [9.17, 15) is 9.18 Å². The minimum atomic E-state index is -0.348. The zero-order valence-corrected chi connectivity index (χ0v) is 14.0. The maximum atomic E-state index is 14.5. The number of carbonyl (C=O) groups is 1. The largest absolute Gasteiger partial charge is 0.497 e. The Morgan fingerprint density at radius 1 is 1.43 bits per heavy atom. The van der Waals surface area contributed by atoms with E-state index in [0.29, 0.717) is 17.1 Å². The molecular weight excluding hydrogens is 317 g/mol. The van der Waals surface area contributed by atoms with Crippen LogP contribution < -0.4 is 10.1 Å². The van der Waals surface area contributed by atoms with Crippen molar-refractivity contribution in [2.45, 2.75) is 25.1 Å². The molecule has 2 heterocycles. The summed E-state index contributed by atoms with van der Waals surface area (Å²) < 4.78 is 21.3. The van der Waals surface area contributed by atoms with Crippen molar-refractivity contribution >= 4 is 23.5 Å². The first kappa shape index (κ1) is 15.9. The summed E-state index contributed by atoms with van der Waals surface area (Å²) in [4.78, 5) is 12.0. The molecule has 0 radical (unpaired) electrons. The minimum Gasteiger partial charge on any atom is -0.497 e. The number of anilines is 1. The van der Waals surface area contributed by atoms with Crippen LogP contribution in [-0.4, -0.2) is 28.6 Å². The minimum absolute atomic E-state index is 0.100.